The lowest BCUT2D eigenvalue weighted by Crippen LogP contribution is -2.56. The summed E-state index contributed by atoms with van der Waals surface area (Å²) in [4.78, 5) is 4.15. The first-order valence-corrected chi connectivity index (χ1v) is 9.92. The Bertz CT molecular complexity index is 535. The normalized spacial score (nSPS) is 31.8. The van der Waals surface area contributed by atoms with E-state index in [9.17, 15) is 4.39 Å². The van der Waals surface area contributed by atoms with E-state index in [1.54, 1.807) is 0 Å². The molecule has 5 nitrogen and oxygen atoms in total. The molecule has 0 spiro atoms. The zero-order valence-electron chi connectivity index (χ0n) is 15.8. The molecular weight excluding hydrogens is 333 g/mol. The largest absolute Gasteiger partial charge is 0.461 e. The van der Waals surface area contributed by atoms with Crippen LogP contribution in [-0.2, 0) is 9.47 Å². The van der Waals surface area contributed by atoms with Gasteiger partial charge in [-0.2, -0.15) is 0 Å². The molecule has 1 aliphatic heterocycles. The summed E-state index contributed by atoms with van der Waals surface area (Å²) in [6.45, 7) is 3.96. The van der Waals surface area contributed by atoms with Crippen molar-refractivity contribution in [1.29, 1.82) is 0 Å². The number of ether oxygens (including phenoxy) is 2. The van der Waals surface area contributed by atoms with Crippen LogP contribution in [0.3, 0.4) is 0 Å². The number of nitrogens with zero attached hydrogens (tertiary/aromatic N) is 1. The van der Waals surface area contributed by atoms with Crippen molar-refractivity contribution in [3.8, 4) is 0 Å². The van der Waals surface area contributed by atoms with Gasteiger partial charge >= 0.3 is 0 Å². The second-order valence-corrected chi connectivity index (χ2v) is 7.68. The number of allylic oxidation sites excluding steroid dienone is 3. The van der Waals surface area contributed by atoms with Gasteiger partial charge in [-0.3, -0.25) is 5.32 Å². The molecule has 4 atom stereocenters. The standard InChI is InChI=1S/C20H32FN3O2/c1-15-7-9-17(10-8-15)13-26-20-22-11-18(21)19(24-20)23-14-25-12-16-5-3-2-4-6-16/h2-3,9,15-16,18-19,23H,4-8,10-14H2,1H3,(H,22,24)/t15-,16+,18?,19?/m0/s1. The van der Waals surface area contributed by atoms with Crippen LogP contribution in [0.4, 0.5) is 4.39 Å². The molecule has 0 aromatic heterocycles. The van der Waals surface area contributed by atoms with Crippen LogP contribution in [0.1, 0.15) is 45.4 Å². The number of alkyl halides is 1. The Morgan fingerprint density at radius 3 is 3.00 bits per heavy atom. The van der Waals surface area contributed by atoms with Gasteiger partial charge in [0.2, 0.25) is 0 Å². The molecule has 0 fully saturated rings. The Balaban J connectivity index is 1.34. The molecule has 3 aliphatic rings. The summed E-state index contributed by atoms with van der Waals surface area (Å²) in [7, 11) is 0. The van der Waals surface area contributed by atoms with Gasteiger partial charge in [0.15, 0.2) is 6.17 Å². The van der Waals surface area contributed by atoms with Gasteiger partial charge in [-0.1, -0.05) is 25.2 Å². The number of nitrogens with one attached hydrogen (secondary N) is 2. The zero-order chi connectivity index (χ0) is 18.2. The number of aliphatic imine (C=N–C) groups is 1. The molecule has 0 radical (unpaired) electrons. The molecule has 0 saturated carbocycles. The third-order valence-corrected chi connectivity index (χ3v) is 5.35. The number of amidine groups is 1. The van der Waals surface area contributed by atoms with Crippen LogP contribution in [-0.4, -0.2) is 44.8 Å². The highest BCUT2D eigenvalue weighted by atomic mass is 19.1. The van der Waals surface area contributed by atoms with Crippen molar-refractivity contribution in [3.05, 3.63) is 23.8 Å². The molecule has 2 aliphatic carbocycles. The average Bonchev–Trinajstić information content (AvgIpc) is 2.67. The van der Waals surface area contributed by atoms with Gasteiger partial charge < -0.3 is 14.8 Å². The van der Waals surface area contributed by atoms with Crippen molar-refractivity contribution >= 4 is 6.02 Å². The maximum atomic E-state index is 14.1. The van der Waals surface area contributed by atoms with Crippen molar-refractivity contribution in [1.82, 2.24) is 10.6 Å². The summed E-state index contributed by atoms with van der Waals surface area (Å²) >= 11 is 0. The average molecular weight is 365 g/mol. The van der Waals surface area contributed by atoms with Crippen LogP contribution < -0.4 is 10.6 Å². The highest BCUT2D eigenvalue weighted by molar-refractivity contribution is 5.74. The van der Waals surface area contributed by atoms with E-state index in [-0.39, 0.29) is 6.54 Å². The Hall–Kier alpha value is -1.40. The fraction of sp³-hybridized carbons (Fsp3) is 0.750. The first-order valence-electron chi connectivity index (χ1n) is 9.92. The molecule has 0 amide bonds. The lowest BCUT2D eigenvalue weighted by atomic mass is 9.91. The molecule has 0 aromatic carbocycles. The molecule has 0 bridgehead atoms. The molecule has 0 aromatic rings. The van der Waals surface area contributed by atoms with Crippen LogP contribution in [0, 0.1) is 11.8 Å². The van der Waals surface area contributed by atoms with Gasteiger partial charge in [-0.15, -0.1) is 0 Å². The fourth-order valence-electron chi connectivity index (χ4n) is 3.50. The monoisotopic (exact) mass is 365 g/mol. The molecule has 2 N–H and O–H groups in total. The van der Waals surface area contributed by atoms with Gasteiger partial charge in [0.05, 0.1) is 19.9 Å². The van der Waals surface area contributed by atoms with Crippen LogP contribution in [0.25, 0.3) is 0 Å². The lowest BCUT2D eigenvalue weighted by Gasteiger charge is -2.29. The first kappa shape index (κ1) is 19.4. The molecule has 146 valence electrons. The molecule has 6 heteroatoms. The molecule has 3 rings (SSSR count). The Morgan fingerprint density at radius 2 is 2.23 bits per heavy atom. The molecule has 26 heavy (non-hydrogen) atoms. The second-order valence-electron chi connectivity index (χ2n) is 7.68. The van der Waals surface area contributed by atoms with Crippen LogP contribution in [0.15, 0.2) is 28.8 Å². The van der Waals surface area contributed by atoms with Gasteiger partial charge in [-0.25, -0.2) is 9.38 Å². The third kappa shape index (κ3) is 6.09. The minimum atomic E-state index is -1.08. The minimum absolute atomic E-state index is 0.115. The zero-order valence-corrected chi connectivity index (χ0v) is 15.8. The number of rotatable bonds is 7. The number of hydrogen-bond donors (Lipinski definition) is 2. The molecule has 0 saturated heterocycles. The van der Waals surface area contributed by atoms with Gasteiger partial charge in [0.1, 0.15) is 12.8 Å². The predicted octanol–water partition coefficient (Wildman–Crippen LogP) is 3.29. The summed E-state index contributed by atoms with van der Waals surface area (Å²) in [5.74, 6) is 1.34. The van der Waals surface area contributed by atoms with Crippen LogP contribution >= 0.6 is 0 Å². The first-order chi connectivity index (χ1) is 12.7. The molecule has 1 heterocycles. The third-order valence-electron chi connectivity index (χ3n) is 5.35. The van der Waals surface area contributed by atoms with Crippen molar-refractivity contribution in [2.45, 2.75) is 57.8 Å². The smallest absolute Gasteiger partial charge is 0.286 e. The summed E-state index contributed by atoms with van der Waals surface area (Å²) in [5.41, 5.74) is 1.31. The Morgan fingerprint density at radius 1 is 1.31 bits per heavy atom. The van der Waals surface area contributed by atoms with Crippen molar-refractivity contribution in [3.63, 3.8) is 0 Å². The molecule has 2 unspecified atom stereocenters. The van der Waals surface area contributed by atoms with E-state index in [1.807, 2.05) is 0 Å². The number of halogens is 1. The summed E-state index contributed by atoms with van der Waals surface area (Å²) in [6.07, 6.45) is 11.9. The van der Waals surface area contributed by atoms with Crippen molar-refractivity contribution in [2.75, 3.05) is 26.5 Å². The van der Waals surface area contributed by atoms with E-state index >= 15 is 0 Å². The van der Waals surface area contributed by atoms with Crippen molar-refractivity contribution < 1.29 is 13.9 Å². The number of hydrogen-bond acceptors (Lipinski definition) is 5. The van der Waals surface area contributed by atoms with Gasteiger partial charge in [0, 0.05) is 0 Å². The van der Waals surface area contributed by atoms with Gasteiger partial charge in [0.25, 0.3) is 6.02 Å². The Kier molecular flexibility index (Phi) is 7.50. The van der Waals surface area contributed by atoms with E-state index in [0.717, 1.165) is 31.6 Å². The topological polar surface area (TPSA) is 54.9 Å². The van der Waals surface area contributed by atoms with E-state index < -0.39 is 12.3 Å². The lowest BCUT2D eigenvalue weighted by molar-refractivity contribution is 0.0623. The van der Waals surface area contributed by atoms with E-state index in [1.165, 1.54) is 18.4 Å². The fourth-order valence-corrected chi connectivity index (χ4v) is 3.50. The summed E-state index contributed by atoms with van der Waals surface area (Å²) in [6, 6.07) is 0.424. The maximum Gasteiger partial charge on any atom is 0.286 e. The van der Waals surface area contributed by atoms with Crippen LogP contribution in [0.2, 0.25) is 0 Å². The van der Waals surface area contributed by atoms with E-state index in [4.69, 9.17) is 9.47 Å². The maximum absolute atomic E-state index is 14.1. The summed E-state index contributed by atoms with van der Waals surface area (Å²) < 4.78 is 25.5. The molecular formula is C20H32FN3O2. The highest BCUT2D eigenvalue weighted by Gasteiger charge is 2.27. The quantitative estimate of drug-likeness (QED) is 0.413. The SMILES string of the molecule is C[C@H]1CC=C(COC2=NCC(F)C(NCOC[C@@H]3CC=CCC3)N2)CC1. The Labute approximate surface area is 156 Å². The van der Waals surface area contributed by atoms with E-state index in [2.05, 4.69) is 40.8 Å². The predicted molar refractivity (Wildman–Crippen MR) is 102 cm³/mol. The van der Waals surface area contributed by atoms with E-state index in [0.29, 0.717) is 31.9 Å². The summed E-state index contributed by atoms with van der Waals surface area (Å²) in [5, 5.41) is 6.10. The van der Waals surface area contributed by atoms with Gasteiger partial charge in [-0.05, 0) is 55.9 Å². The minimum Gasteiger partial charge on any atom is -0.461 e. The second kappa shape index (κ2) is 10.1. The highest BCUT2D eigenvalue weighted by Crippen LogP contribution is 2.23. The van der Waals surface area contributed by atoms with Crippen molar-refractivity contribution in [2.24, 2.45) is 16.8 Å². The van der Waals surface area contributed by atoms with Crippen LogP contribution in [0.5, 0.6) is 0 Å².